The molecule has 1 atom stereocenters. The van der Waals surface area contributed by atoms with Crippen LogP contribution in [0.4, 0.5) is 16.2 Å². The van der Waals surface area contributed by atoms with Gasteiger partial charge in [-0.1, -0.05) is 72.8 Å². The lowest BCUT2D eigenvalue weighted by molar-refractivity contribution is -0.119. The molecule has 1 heterocycles. The second-order valence-electron chi connectivity index (χ2n) is 8.39. The van der Waals surface area contributed by atoms with Crippen LogP contribution >= 0.6 is 12.4 Å². The number of nitrogens with zero attached hydrogens (tertiary/aromatic N) is 2. The van der Waals surface area contributed by atoms with Gasteiger partial charge >= 0.3 is 6.09 Å². The van der Waals surface area contributed by atoms with Gasteiger partial charge in [0.05, 0.1) is 44.3 Å². The van der Waals surface area contributed by atoms with Crippen molar-refractivity contribution in [3.8, 4) is 0 Å². The van der Waals surface area contributed by atoms with Gasteiger partial charge in [-0.3, -0.25) is 9.69 Å². The molecule has 0 aromatic heterocycles. The molecule has 0 unspecified atom stereocenters. The topological polar surface area (TPSA) is 94.3 Å². The van der Waals surface area contributed by atoms with Crippen LogP contribution in [-0.4, -0.2) is 51.0 Å². The number of nitrogens with two attached hydrogens (primary N) is 1. The first-order valence-corrected chi connectivity index (χ1v) is 12.0. The van der Waals surface area contributed by atoms with Gasteiger partial charge in [0.2, 0.25) is 5.91 Å². The van der Waals surface area contributed by atoms with E-state index in [1.165, 1.54) is 4.90 Å². The molecule has 1 aliphatic heterocycles. The highest BCUT2D eigenvalue weighted by atomic mass is 35.5. The van der Waals surface area contributed by atoms with E-state index in [1.807, 2.05) is 72.8 Å². The summed E-state index contributed by atoms with van der Waals surface area (Å²) in [7, 11) is 0. The highest BCUT2D eigenvalue weighted by Gasteiger charge is 2.34. The summed E-state index contributed by atoms with van der Waals surface area (Å²) in [5.41, 5.74) is 9.46. The number of rotatable bonds is 10. The zero-order valence-corrected chi connectivity index (χ0v) is 21.3. The van der Waals surface area contributed by atoms with Gasteiger partial charge in [0.25, 0.3) is 0 Å². The SMILES string of the molecule is Cl.N[C@H]1CN(C(=O)OCCOCc2ccccc2)c2ccccc2N(CCOCc2ccccc2)C1=O. The summed E-state index contributed by atoms with van der Waals surface area (Å²) in [5, 5.41) is 0. The quantitative estimate of drug-likeness (QED) is 0.399. The Balaban J connectivity index is 0.00000380. The number of carbonyl (C=O) groups excluding carboxylic acids is 2. The molecule has 0 spiro atoms. The van der Waals surface area contributed by atoms with Gasteiger partial charge in [-0.25, -0.2) is 4.79 Å². The van der Waals surface area contributed by atoms with Crippen molar-refractivity contribution in [2.75, 3.05) is 42.7 Å². The van der Waals surface area contributed by atoms with E-state index in [1.54, 1.807) is 17.0 Å². The van der Waals surface area contributed by atoms with E-state index >= 15 is 0 Å². The Kier molecular flexibility index (Phi) is 10.9. The predicted octanol–water partition coefficient (Wildman–Crippen LogP) is 4.16. The fraction of sp³-hybridized carbons (Fsp3) is 0.286. The number of fused-ring (bicyclic) bond motifs is 1. The van der Waals surface area contributed by atoms with E-state index in [0.717, 1.165) is 11.1 Å². The van der Waals surface area contributed by atoms with Crippen molar-refractivity contribution in [3.05, 3.63) is 96.1 Å². The fourth-order valence-electron chi connectivity index (χ4n) is 3.97. The molecule has 0 fully saturated rings. The van der Waals surface area contributed by atoms with Gasteiger partial charge in [-0.05, 0) is 23.3 Å². The lowest BCUT2D eigenvalue weighted by Gasteiger charge is -2.25. The Morgan fingerprint density at radius 3 is 1.95 bits per heavy atom. The summed E-state index contributed by atoms with van der Waals surface area (Å²) in [4.78, 5) is 29.1. The van der Waals surface area contributed by atoms with Gasteiger partial charge in [0.15, 0.2) is 0 Å². The molecule has 2 N–H and O–H groups in total. The number of amides is 2. The minimum Gasteiger partial charge on any atom is -0.447 e. The largest absolute Gasteiger partial charge is 0.447 e. The highest BCUT2D eigenvalue weighted by Crippen LogP contribution is 2.32. The van der Waals surface area contributed by atoms with Crippen LogP contribution in [0.2, 0.25) is 0 Å². The van der Waals surface area contributed by atoms with Crippen LogP contribution < -0.4 is 15.5 Å². The molecule has 3 aromatic carbocycles. The maximum Gasteiger partial charge on any atom is 0.414 e. The zero-order valence-electron chi connectivity index (χ0n) is 20.5. The minimum atomic E-state index is -0.895. The monoisotopic (exact) mass is 525 g/mol. The first-order chi connectivity index (χ1) is 17.6. The van der Waals surface area contributed by atoms with E-state index in [-0.39, 0.29) is 38.1 Å². The molecule has 0 saturated heterocycles. The summed E-state index contributed by atoms with van der Waals surface area (Å²) in [6.07, 6.45) is -0.573. The molecule has 2 amide bonds. The van der Waals surface area contributed by atoms with Crippen molar-refractivity contribution in [2.45, 2.75) is 19.3 Å². The molecule has 0 bridgehead atoms. The number of ether oxygens (including phenoxy) is 3. The summed E-state index contributed by atoms with van der Waals surface area (Å²) in [6.45, 7) is 1.88. The Morgan fingerprint density at radius 2 is 1.32 bits per heavy atom. The van der Waals surface area contributed by atoms with E-state index in [2.05, 4.69) is 0 Å². The van der Waals surface area contributed by atoms with Crippen molar-refractivity contribution in [1.82, 2.24) is 0 Å². The zero-order chi connectivity index (χ0) is 25.2. The molecule has 1 aliphatic rings. The van der Waals surface area contributed by atoms with Gasteiger partial charge < -0.3 is 24.8 Å². The van der Waals surface area contributed by atoms with Gasteiger partial charge in [-0.2, -0.15) is 0 Å². The normalized spacial score (nSPS) is 14.9. The van der Waals surface area contributed by atoms with Crippen LogP contribution in [0.5, 0.6) is 0 Å². The molecule has 0 radical (unpaired) electrons. The summed E-state index contributed by atoms with van der Waals surface area (Å²) >= 11 is 0. The van der Waals surface area contributed by atoms with Crippen LogP contribution in [0.15, 0.2) is 84.9 Å². The maximum absolute atomic E-state index is 13.1. The second-order valence-corrected chi connectivity index (χ2v) is 8.39. The molecular formula is C28H32ClN3O5. The molecular weight excluding hydrogens is 494 g/mol. The van der Waals surface area contributed by atoms with Crippen molar-refractivity contribution in [2.24, 2.45) is 5.73 Å². The molecule has 8 nitrogen and oxygen atoms in total. The first-order valence-electron chi connectivity index (χ1n) is 12.0. The van der Waals surface area contributed by atoms with Crippen LogP contribution in [0.3, 0.4) is 0 Å². The third-order valence-electron chi connectivity index (χ3n) is 5.78. The van der Waals surface area contributed by atoms with Crippen molar-refractivity contribution in [3.63, 3.8) is 0 Å². The van der Waals surface area contributed by atoms with Gasteiger partial charge in [-0.15, -0.1) is 12.4 Å². The van der Waals surface area contributed by atoms with Gasteiger partial charge in [0.1, 0.15) is 12.6 Å². The average Bonchev–Trinajstić information content (AvgIpc) is 3.02. The number of para-hydroxylation sites is 2. The lowest BCUT2D eigenvalue weighted by atomic mass is 10.2. The minimum absolute atomic E-state index is 0. The summed E-state index contributed by atoms with van der Waals surface area (Å²) in [5.74, 6) is -0.271. The Morgan fingerprint density at radius 1 is 0.784 bits per heavy atom. The predicted molar refractivity (Wildman–Crippen MR) is 145 cm³/mol. The first kappa shape index (κ1) is 28.1. The van der Waals surface area contributed by atoms with Crippen molar-refractivity contribution in [1.29, 1.82) is 0 Å². The number of benzene rings is 3. The Bertz CT molecular complexity index is 1130. The molecule has 0 aliphatic carbocycles. The highest BCUT2D eigenvalue weighted by molar-refractivity contribution is 6.05. The van der Waals surface area contributed by atoms with Crippen LogP contribution in [-0.2, 0) is 32.2 Å². The number of halogens is 1. The Labute approximate surface area is 223 Å². The average molecular weight is 526 g/mol. The summed E-state index contributed by atoms with van der Waals surface area (Å²) < 4.78 is 16.8. The third-order valence-corrected chi connectivity index (χ3v) is 5.78. The smallest absolute Gasteiger partial charge is 0.414 e. The molecule has 196 valence electrons. The van der Waals surface area contributed by atoms with Crippen molar-refractivity contribution >= 4 is 35.8 Å². The van der Waals surface area contributed by atoms with Crippen LogP contribution in [0.1, 0.15) is 11.1 Å². The second kappa shape index (κ2) is 14.3. The maximum atomic E-state index is 13.1. The van der Waals surface area contributed by atoms with Crippen LogP contribution in [0.25, 0.3) is 0 Å². The fourth-order valence-corrected chi connectivity index (χ4v) is 3.97. The number of anilines is 2. The summed E-state index contributed by atoms with van der Waals surface area (Å²) in [6, 6.07) is 25.9. The molecule has 9 heteroatoms. The van der Waals surface area contributed by atoms with E-state index < -0.39 is 12.1 Å². The Hall–Kier alpha value is -3.43. The molecule has 4 rings (SSSR count). The number of hydrogen-bond donors (Lipinski definition) is 1. The third kappa shape index (κ3) is 7.77. The van der Waals surface area contributed by atoms with Crippen molar-refractivity contribution < 1.29 is 23.8 Å². The van der Waals surface area contributed by atoms with Crippen LogP contribution in [0, 0.1) is 0 Å². The standard InChI is InChI=1S/C28H31N3O5.ClH/c29-24-19-31(28(33)36-18-17-35-21-23-11-5-2-6-12-23)26-14-8-7-13-25(26)30(27(24)32)15-16-34-20-22-9-3-1-4-10-22;/h1-14,24H,15-21,29H2;1H/t24-;/m0./s1. The number of hydrogen-bond acceptors (Lipinski definition) is 6. The number of carbonyl (C=O) groups is 2. The van der Waals surface area contributed by atoms with Gasteiger partial charge in [0, 0.05) is 6.54 Å². The van der Waals surface area contributed by atoms with E-state index in [9.17, 15) is 9.59 Å². The molecule has 3 aromatic rings. The molecule has 37 heavy (non-hydrogen) atoms. The van der Waals surface area contributed by atoms with E-state index in [4.69, 9.17) is 19.9 Å². The molecule has 0 saturated carbocycles. The van der Waals surface area contributed by atoms with E-state index in [0.29, 0.717) is 37.7 Å². The lowest BCUT2D eigenvalue weighted by Crippen LogP contribution is -2.49.